The van der Waals surface area contributed by atoms with Gasteiger partial charge < -0.3 is 15.8 Å². The van der Waals surface area contributed by atoms with Crippen molar-refractivity contribution >= 4 is 29.1 Å². The van der Waals surface area contributed by atoms with Crippen molar-refractivity contribution in [1.29, 1.82) is 0 Å². The first kappa shape index (κ1) is 15.8. The maximum Gasteiger partial charge on any atom is 0.239 e. The SMILES string of the molecule is NC(=O)Cn1cc(NC(=O)CCOc2ccc(Cl)cc2)cn1. The molecule has 8 heteroatoms. The van der Waals surface area contributed by atoms with E-state index in [9.17, 15) is 9.59 Å². The van der Waals surface area contributed by atoms with Gasteiger partial charge in [-0.3, -0.25) is 14.3 Å². The van der Waals surface area contributed by atoms with Gasteiger partial charge in [0, 0.05) is 11.2 Å². The molecule has 0 aliphatic rings. The molecule has 116 valence electrons. The van der Waals surface area contributed by atoms with E-state index in [2.05, 4.69) is 10.4 Å². The Bertz CT molecular complexity index is 654. The summed E-state index contributed by atoms with van der Waals surface area (Å²) in [6.07, 6.45) is 3.16. The molecular weight excluding hydrogens is 308 g/mol. The van der Waals surface area contributed by atoms with Crippen molar-refractivity contribution in [3.8, 4) is 5.75 Å². The van der Waals surface area contributed by atoms with Gasteiger partial charge in [0.1, 0.15) is 12.3 Å². The first-order valence-electron chi connectivity index (χ1n) is 6.52. The molecule has 2 rings (SSSR count). The van der Waals surface area contributed by atoms with E-state index in [1.54, 1.807) is 24.3 Å². The number of primary amides is 1. The van der Waals surface area contributed by atoms with E-state index < -0.39 is 5.91 Å². The molecule has 0 aliphatic carbocycles. The highest BCUT2D eigenvalue weighted by atomic mass is 35.5. The molecule has 2 amide bonds. The number of halogens is 1. The summed E-state index contributed by atoms with van der Waals surface area (Å²) < 4.78 is 6.78. The van der Waals surface area contributed by atoms with Crippen LogP contribution in [0.25, 0.3) is 0 Å². The van der Waals surface area contributed by atoms with Gasteiger partial charge in [0.25, 0.3) is 0 Å². The van der Waals surface area contributed by atoms with E-state index in [1.165, 1.54) is 17.1 Å². The molecule has 0 aliphatic heterocycles. The number of carbonyl (C=O) groups is 2. The summed E-state index contributed by atoms with van der Waals surface area (Å²) in [7, 11) is 0. The molecule has 1 heterocycles. The minimum atomic E-state index is -0.502. The molecule has 0 unspecified atom stereocenters. The molecular formula is C14H15ClN4O3. The fourth-order valence-electron chi connectivity index (χ4n) is 1.69. The summed E-state index contributed by atoms with van der Waals surface area (Å²) in [6, 6.07) is 6.89. The highest BCUT2D eigenvalue weighted by molar-refractivity contribution is 6.30. The third kappa shape index (κ3) is 5.10. The number of hydrogen-bond acceptors (Lipinski definition) is 4. The number of hydrogen-bond donors (Lipinski definition) is 2. The van der Waals surface area contributed by atoms with Crippen molar-refractivity contribution in [1.82, 2.24) is 9.78 Å². The van der Waals surface area contributed by atoms with Crippen LogP contribution in [0, 0.1) is 0 Å². The minimum Gasteiger partial charge on any atom is -0.493 e. The maximum absolute atomic E-state index is 11.7. The number of benzene rings is 1. The number of anilines is 1. The normalized spacial score (nSPS) is 10.2. The van der Waals surface area contributed by atoms with E-state index in [4.69, 9.17) is 22.1 Å². The lowest BCUT2D eigenvalue weighted by Crippen LogP contribution is -2.19. The van der Waals surface area contributed by atoms with Crippen LogP contribution in [0.3, 0.4) is 0 Å². The Balaban J connectivity index is 1.74. The Kier molecular flexibility index (Phi) is 5.37. The van der Waals surface area contributed by atoms with E-state index >= 15 is 0 Å². The zero-order valence-corrected chi connectivity index (χ0v) is 12.4. The summed E-state index contributed by atoms with van der Waals surface area (Å²) in [5.41, 5.74) is 5.55. The van der Waals surface area contributed by atoms with Crippen LogP contribution in [0.5, 0.6) is 5.75 Å². The lowest BCUT2D eigenvalue weighted by atomic mass is 10.3. The topological polar surface area (TPSA) is 99.2 Å². The van der Waals surface area contributed by atoms with Crippen LogP contribution in [0.2, 0.25) is 5.02 Å². The second kappa shape index (κ2) is 7.46. The zero-order valence-electron chi connectivity index (χ0n) is 11.7. The van der Waals surface area contributed by atoms with Crippen LogP contribution in [0.15, 0.2) is 36.7 Å². The zero-order chi connectivity index (χ0) is 15.9. The summed E-state index contributed by atoms with van der Waals surface area (Å²) in [5, 5.41) is 7.18. The van der Waals surface area contributed by atoms with E-state index in [-0.39, 0.29) is 25.5 Å². The van der Waals surface area contributed by atoms with Crippen LogP contribution in [-0.4, -0.2) is 28.2 Å². The van der Waals surface area contributed by atoms with Crippen molar-refractivity contribution in [2.75, 3.05) is 11.9 Å². The van der Waals surface area contributed by atoms with Crippen LogP contribution in [0.1, 0.15) is 6.42 Å². The molecule has 0 fully saturated rings. The van der Waals surface area contributed by atoms with Gasteiger partial charge in [-0.1, -0.05) is 11.6 Å². The standard InChI is InChI=1S/C14H15ClN4O3/c15-10-1-3-12(4-2-10)22-6-5-14(21)18-11-7-17-19(8-11)9-13(16)20/h1-4,7-8H,5-6,9H2,(H2,16,20)(H,18,21). The second-order valence-electron chi connectivity index (χ2n) is 4.49. The summed E-state index contributed by atoms with van der Waals surface area (Å²) in [4.78, 5) is 22.5. The number of nitrogens with one attached hydrogen (secondary N) is 1. The van der Waals surface area contributed by atoms with Crippen LogP contribution in [0.4, 0.5) is 5.69 Å². The molecule has 0 spiro atoms. The van der Waals surface area contributed by atoms with Gasteiger partial charge in [0.2, 0.25) is 11.8 Å². The van der Waals surface area contributed by atoms with E-state index in [0.29, 0.717) is 16.5 Å². The van der Waals surface area contributed by atoms with Gasteiger partial charge in [-0.2, -0.15) is 5.10 Å². The molecule has 0 bridgehead atoms. The number of ether oxygens (including phenoxy) is 1. The quantitative estimate of drug-likeness (QED) is 0.805. The highest BCUT2D eigenvalue weighted by Crippen LogP contribution is 2.15. The Labute approximate surface area is 132 Å². The molecule has 3 N–H and O–H groups in total. The van der Waals surface area contributed by atoms with Crippen LogP contribution >= 0.6 is 11.6 Å². The largest absolute Gasteiger partial charge is 0.493 e. The Morgan fingerprint density at radius 1 is 1.32 bits per heavy atom. The van der Waals surface area contributed by atoms with Crippen molar-refractivity contribution in [2.24, 2.45) is 5.73 Å². The Hall–Kier alpha value is -2.54. The molecule has 1 aromatic heterocycles. The molecule has 0 radical (unpaired) electrons. The fourth-order valence-corrected chi connectivity index (χ4v) is 1.82. The molecule has 2 aromatic rings. The second-order valence-corrected chi connectivity index (χ2v) is 4.93. The van der Waals surface area contributed by atoms with Crippen LogP contribution in [-0.2, 0) is 16.1 Å². The van der Waals surface area contributed by atoms with Gasteiger partial charge in [-0.05, 0) is 24.3 Å². The predicted molar refractivity (Wildman–Crippen MR) is 81.6 cm³/mol. The Morgan fingerprint density at radius 2 is 2.05 bits per heavy atom. The number of amides is 2. The number of rotatable bonds is 7. The first-order valence-corrected chi connectivity index (χ1v) is 6.90. The molecule has 0 atom stereocenters. The Morgan fingerprint density at radius 3 is 2.73 bits per heavy atom. The smallest absolute Gasteiger partial charge is 0.239 e. The van der Waals surface area contributed by atoms with Crippen molar-refractivity contribution in [3.63, 3.8) is 0 Å². The van der Waals surface area contributed by atoms with Crippen molar-refractivity contribution in [3.05, 3.63) is 41.7 Å². The third-order valence-corrected chi connectivity index (χ3v) is 2.90. The summed E-state index contributed by atoms with van der Waals surface area (Å²) in [5.74, 6) is -0.0728. The van der Waals surface area contributed by atoms with Gasteiger partial charge in [0.05, 0.1) is 24.9 Å². The van der Waals surface area contributed by atoms with Gasteiger partial charge in [0.15, 0.2) is 0 Å². The highest BCUT2D eigenvalue weighted by Gasteiger charge is 2.06. The lowest BCUT2D eigenvalue weighted by molar-refractivity contribution is -0.119. The third-order valence-electron chi connectivity index (χ3n) is 2.65. The fraction of sp³-hybridized carbons (Fsp3) is 0.214. The predicted octanol–water partition coefficient (Wildman–Crippen LogP) is 1.43. The van der Waals surface area contributed by atoms with Crippen molar-refractivity contribution < 1.29 is 14.3 Å². The number of aromatic nitrogens is 2. The number of carbonyl (C=O) groups excluding carboxylic acids is 2. The average Bonchev–Trinajstić information content (AvgIpc) is 2.87. The molecule has 0 saturated heterocycles. The first-order chi connectivity index (χ1) is 10.5. The van der Waals surface area contributed by atoms with E-state index in [1.807, 2.05) is 0 Å². The average molecular weight is 323 g/mol. The van der Waals surface area contributed by atoms with Gasteiger partial charge in [-0.15, -0.1) is 0 Å². The van der Waals surface area contributed by atoms with Gasteiger partial charge >= 0.3 is 0 Å². The summed E-state index contributed by atoms with van der Waals surface area (Å²) >= 11 is 5.76. The number of nitrogens with zero attached hydrogens (tertiary/aromatic N) is 2. The molecule has 0 saturated carbocycles. The minimum absolute atomic E-state index is 0.0322. The molecule has 7 nitrogen and oxygen atoms in total. The van der Waals surface area contributed by atoms with Crippen molar-refractivity contribution in [2.45, 2.75) is 13.0 Å². The van der Waals surface area contributed by atoms with E-state index in [0.717, 1.165) is 0 Å². The summed E-state index contributed by atoms with van der Waals surface area (Å²) in [6.45, 7) is 0.207. The molecule has 22 heavy (non-hydrogen) atoms. The molecule has 1 aromatic carbocycles. The van der Waals surface area contributed by atoms with Crippen LogP contribution < -0.4 is 15.8 Å². The monoisotopic (exact) mass is 322 g/mol. The maximum atomic E-state index is 11.7. The van der Waals surface area contributed by atoms with Gasteiger partial charge in [-0.25, -0.2) is 0 Å². The lowest BCUT2D eigenvalue weighted by Gasteiger charge is -2.06. The number of nitrogens with two attached hydrogens (primary N) is 1.